The Bertz CT molecular complexity index is 1060. The number of amides is 2. The van der Waals surface area contributed by atoms with Gasteiger partial charge in [-0.2, -0.15) is 0 Å². The number of para-hydroxylation sites is 1. The molecule has 144 valence electrons. The average molecular weight is 395 g/mol. The van der Waals surface area contributed by atoms with Crippen LogP contribution in [0.1, 0.15) is 36.7 Å². The van der Waals surface area contributed by atoms with Crippen molar-refractivity contribution >= 4 is 34.5 Å². The molecule has 0 aliphatic rings. The number of benzene rings is 2. The minimum absolute atomic E-state index is 0.0141. The van der Waals surface area contributed by atoms with Crippen molar-refractivity contribution in [1.82, 2.24) is 14.9 Å². The van der Waals surface area contributed by atoms with E-state index in [1.807, 2.05) is 26.0 Å². The first-order chi connectivity index (χ1) is 13.5. The third-order valence-corrected chi connectivity index (χ3v) is 5.38. The van der Waals surface area contributed by atoms with Crippen molar-refractivity contribution in [1.29, 1.82) is 0 Å². The van der Waals surface area contributed by atoms with E-state index < -0.39 is 11.8 Å². The van der Waals surface area contributed by atoms with Crippen molar-refractivity contribution in [3.8, 4) is 0 Å². The summed E-state index contributed by atoms with van der Waals surface area (Å²) in [6.07, 6.45) is 0.756. The minimum Gasteiger partial charge on any atom is -0.292 e. The van der Waals surface area contributed by atoms with Crippen molar-refractivity contribution < 1.29 is 9.59 Å². The van der Waals surface area contributed by atoms with Crippen LogP contribution in [0.5, 0.6) is 0 Å². The van der Waals surface area contributed by atoms with Gasteiger partial charge in [0.05, 0.1) is 16.7 Å². The van der Waals surface area contributed by atoms with E-state index in [0.29, 0.717) is 21.6 Å². The number of aromatic nitrogens is 2. The molecule has 1 atom stereocenters. The maximum absolute atomic E-state index is 12.9. The monoisotopic (exact) mass is 395 g/mol. The first-order valence-electron chi connectivity index (χ1n) is 9.04. The first kappa shape index (κ1) is 19.8. The summed E-state index contributed by atoms with van der Waals surface area (Å²) in [7, 11) is 0. The maximum Gasteiger partial charge on any atom is 0.262 e. The predicted molar refractivity (Wildman–Crippen MR) is 111 cm³/mol. The number of carbonyl (C=O) groups is 2. The second-order valence-electron chi connectivity index (χ2n) is 6.38. The molecule has 2 aromatic carbocycles. The fraction of sp³-hybridized carbons (Fsp3) is 0.238. The Morgan fingerprint density at radius 1 is 1.11 bits per heavy atom. The molecule has 0 aliphatic heterocycles. The third-order valence-electron chi connectivity index (χ3n) is 4.43. The number of rotatable bonds is 6. The molecule has 7 heteroatoms. The van der Waals surface area contributed by atoms with Gasteiger partial charge in [-0.1, -0.05) is 49.0 Å². The van der Waals surface area contributed by atoms with E-state index in [-0.39, 0.29) is 17.4 Å². The van der Waals surface area contributed by atoms with Crippen LogP contribution < -0.4 is 10.9 Å². The van der Waals surface area contributed by atoms with Crippen LogP contribution in [0.4, 0.5) is 0 Å². The Hall–Kier alpha value is -2.93. The topological polar surface area (TPSA) is 81.1 Å². The quantitative estimate of drug-likeness (QED) is 0.511. The minimum atomic E-state index is -0.447. The lowest BCUT2D eigenvalue weighted by atomic mass is 10.2. The van der Waals surface area contributed by atoms with Crippen LogP contribution in [0.15, 0.2) is 64.5 Å². The van der Waals surface area contributed by atoms with Crippen LogP contribution in [-0.4, -0.2) is 27.1 Å². The normalized spacial score (nSPS) is 11.9. The molecule has 0 saturated carbocycles. The Morgan fingerprint density at radius 2 is 1.79 bits per heavy atom. The molecule has 1 N–H and O–H groups in total. The van der Waals surface area contributed by atoms with Crippen LogP contribution in [-0.2, 0) is 4.79 Å². The summed E-state index contributed by atoms with van der Waals surface area (Å²) in [5.41, 5.74) is 0.889. The van der Waals surface area contributed by atoms with E-state index in [0.717, 1.165) is 18.2 Å². The number of imide groups is 1. The lowest BCUT2D eigenvalue weighted by Crippen LogP contribution is -2.32. The zero-order valence-corrected chi connectivity index (χ0v) is 16.5. The summed E-state index contributed by atoms with van der Waals surface area (Å²) >= 11 is 1.15. The van der Waals surface area contributed by atoms with Gasteiger partial charge in [-0.05, 0) is 37.6 Å². The molecule has 3 aromatic rings. The van der Waals surface area contributed by atoms with E-state index in [4.69, 9.17) is 0 Å². The molecule has 1 aromatic heterocycles. The SMILES string of the molecule is CC[C@@H](C)n1c(SCC(=O)NC(=O)c2ccccc2)nc2ccccc2c1=O. The number of nitrogens with one attached hydrogen (secondary N) is 1. The molecule has 0 radical (unpaired) electrons. The smallest absolute Gasteiger partial charge is 0.262 e. The number of thioether (sulfide) groups is 1. The predicted octanol–water partition coefficient (Wildman–Crippen LogP) is 3.42. The molecular formula is C21H21N3O3S. The highest BCUT2D eigenvalue weighted by molar-refractivity contribution is 7.99. The Balaban J connectivity index is 1.80. The Morgan fingerprint density at radius 3 is 2.50 bits per heavy atom. The molecule has 3 rings (SSSR count). The van der Waals surface area contributed by atoms with Crippen LogP contribution in [0.25, 0.3) is 10.9 Å². The standard InChI is InChI=1S/C21H21N3O3S/c1-3-14(2)24-20(27)16-11-7-8-12-17(16)22-21(24)28-13-18(25)23-19(26)15-9-5-4-6-10-15/h4-12,14H,3,13H2,1-2H3,(H,23,25,26)/t14-/m1/s1. The third kappa shape index (κ3) is 4.31. The van der Waals surface area contributed by atoms with Crippen molar-refractivity contribution in [3.05, 3.63) is 70.5 Å². The zero-order valence-electron chi connectivity index (χ0n) is 15.7. The van der Waals surface area contributed by atoms with Gasteiger partial charge in [-0.3, -0.25) is 24.3 Å². The number of nitrogens with zero attached hydrogens (tertiary/aromatic N) is 2. The van der Waals surface area contributed by atoms with Crippen molar-refractivity contribution in [2.75, 3.05) is 5.75 Å². The number of hydrogen-bond acceptors (Lipinski definition) is 5. The molecule has 0 bridgehead atoms. The molecular weight excluding hydrogens is 374 g/mol. The highest BCUT2D eigenvalue weighted by atomic mass is 32.2. The zero-order chi connectivity index (χ0) is 20.1. The van der Waals surface area contributed by atoms with Crippen LogP contribution in [0.2, 0.25) is 0 Å². The highest BCUT2D eigenvalue weighted by Crippen LogP contribution is 2.22. The Labute approximate surface area is 167 Å². The molecule has 0 fully saturated rings. The van der Waals surface area contributed by atoms with Gasteiger partial charge in [0.25, 0.3) is 11.5 Å². The number of fused-ring (bicyclic) bond motifs is 1. The first-order valence-corrected chi connectivity index (χ1v) is 10.0. The van der Waals surface area contributed by atoms with E-state index in [9.17, 15) is 14.4 Å². The molecule has 28 heavy (non-hydrogen) atoms. The van der Waals surface area contributed by atoms with Crippen molar-refractivity contribution in [3.63, 3.8) is 0 Å². The largest absolute Gasteiger partial charge is 0.292 e. The summed E-state index contributed by atoms with van der Waals surface area (Å²) in [6.45, 7) is 3.94. The molecule has 0 saturated heterocycles. The lowest BCUT2D eigenvalue weighted by molar-refractivity contribution is -0.117. The van der Waals surface area contributed by atoms with E-state index >= 15 is 0 Å². The van der Waals surface area contributed by atoms with Crippen molar-refractivity contribution in [2.45, 2.75) is 31.5 Å². The lowest BCUT2D eigenvalue weighted by Gasteiger charge is -2.18. The molecule has 0 spiro atoms. The second-order valence-corrected chi connectivity index (χ2v) is 7.32. The fourth-order valence-electron chi connectivity index (χ4n) is 2.75. The maximum atomic E-state index is 12.9. The van der Waals surface area contributed by atoms with Crippen LogP contribution >= 0.6 is 11.8 Å². The van der Waals surface area contributed by atoms with Gasteiger partial charge in [-0.15, -0.1) is 0 Å². The summed E-state index contributed by atoms with van der Waals surface area (Å²) in [5.74, 6) is -0.895. The van der Waals surface area contributed by atoms with E-state index in [1.165, 1.54) is 0 Å². The molecule has 1 heterocycles. The average Bonchev–Trinajstić information content (AvgIpc) is 2.72. The molecule has 0 aliphatic carbocycles. The van der Waals surface area contributed by atoms with E-state index in [1.54, 1.807) is 47.0 Å². The summed E-state index contributed by atoms with van der Waals surface area (Å²) < 4.78 is 1.62. The molecule has 2 amide bonds. The molecule has 6 nitrogen and oxygen atoms in total. The van der Waals surface area contributed by atoms with Gasteiger partial charge in [0.1, 0.15) is 0 Å². The molecule has 0 unspecified atom stereocenters. The summed E-state index contributed by atoms with van der Waals surface area (Å²) in [6, 6.07) is 15.7. The van der Waals surface area contributed by atoms with Crippen LogP contribution in [0.3, 0.4) is 0 Å². The van der Waals surface area contributed by atoms with Gasteiger partial charge in [0.15, 0.2) is 5.16 Å². The van der Waals surface area contributed by atoms with Crippen molar-refractivity contribution in [2.24, 2.45) is 0 Å². The van der Waals surface area contributed by atoms with Crippen LogP contribution in [0, 0.1) is 0 Å². The van der Waals surface area contributed by atoms with Gasteiger partial charge in [0.2, 0.25) is 5.91 Å². The number of hydrogen-bond donors (Lipinski definition) is 1. The fourth-order valence-corrected chi connectivity index (χ4v) is 3.65. The summed E-state index contributed by atoms with van der Waals surface area (Å²) in [4.78, 5) is 41.8. The summed E-state index contributed by atoms with van der Waals surface area (Å²) in [5, 5.41) is 3.39. The Kier molecular flexibility index (Phi) is 6.26. The van der Waals surface area contributed by atoms with Gasteiger partial charge < -0.3 is 0 Å². The van der Waals surface area contributed by atoms with Gasteiger partial charge in [-0.25, -0.2) is 4.98 Å². The van der Waals surface area contributed by atoms with Gasteiger partial charge >= 0.3 is 0 Å². The number of carbonyl (C=O) groups excluding carboxylic acids is 2. The van der Waals surface area contributed by atoms with E-state index in [2.05, 4.69) is 10.3 Å². The second kappa shape index (κ2) is 8.84. The highest BCUT2D eigenvalue weighted by Gasteiger charge is 2.17. The van der Waals surface area contributed by atoms with Gasteiger partial charge in [0, 0.05) is 11.6 Å².